The molecule has 0 bridgehead atoms. The molecule has 1 aliphatic heterocycles. The minimum absolute atomic E-state index is 0.140. The first-order valence-electron chi connectivity index (χ1n) is 6.32. The van der Waals surface area contributed by atoms with Crippen LogP contribution in [0.4, 0.5) is 0 Å². The first-order chi connectivity index (χ1) is 8.16. The predicted octanol–water partition coefficient (Wildman–Crippen LogP) is 1.62. The van der Waals surface area contributed by atoms with Gasteiger partial charge >= 0.3 is 0 Å². The van der Waals surface area contributed by atoms with Crippen molar-refractivity contribution in [2.45, 2.75) is 38.6 Å². The van der Waals surface area contributed by atoms with Gasteiger partial charge in [0.05, 0.1) is 12.7 Å². The third-order valence-corrected chi connectivity index (χ3v) is 3.37. The van der Waals surface area contributed by atoms with Crippen molar-refractivity contribution >= 4 is 0 Å². The average molecular weight is 234 g/mol. The van der Waals surface area contributed by atoms with Crippen LogP contribution in [0.3, 0.4) is 0 Å². The van der Waals surface area contributed by atoms with E-state index in [1.165, 1.54) is 5.56 Å². The SMILES string of the molecule is CC(C)N1C[C@@H](N)[C@H](OCc2ccccc2)C1. The van der Waals surface area contributed by atoms with Gasteiger partial charge in [0.1, 0.15) is 0 Å². The fraction of sp³-hybridized carbons (Fsp3) is 0.571. The maximum atomic E-state index is 6.10. The second-order valence-corrected chi connectivity index (χ2v) is 5.05. The Labute approximate surface area is 104 Å². The molecular formula is C14H22N2O. The zero-order chi connectivity index (χ0) is 12.3. The molecule has 0 spiro atoms. The maximum Gasteiger partial charge on any atom is 0.0869 e. The zero-order valence-electron chi connectivity index (χ0n) is 10.7. The van der Waals surface area contributed by atoms with Gasteiger partial charge in [-0.05, 0) is 19.4 Å². The number of hydrogen-bond acceptors (Lipinski definition) is 3. The van der Waals surface area contributed by atoms with Crippen molar-refractivity contribution in [1.82, 2.24) is 4.90 Å². The fourth-order valence-electron chi connectivity index (χ4n) is 2.20. The Morgan fingerprint density at radius 1 is 1.29 bits per heavy atom. The van der Waals surface area contributed by atoms with Crippen molar-refractivity contribution in [2.75, 3.05) is 13.1 Å². The van der Waals surface area contributed by atoms with Crippen molar-refractivity contribution in [3.63, 3.8) is 0 Å². The minimum Gasteiger partial charge on any atom is -0.371 e. The van der Waals surface area contributed by atoms with Crippen molar-refractivity contribution in [3.8, 4) is 0 Å². The maximum absolute atomic E-state index is 6.10. The Bertz CT molecular complexity index is 339. The summed E-state index contributed by atoms with van der Waals surface area (Å²) < 4.78 is 5.92. The number of ether oxygens (including phenoxy) is 1. The van der Waals surface area contributed by atoms with Crippen LogP contribution in [0.25, 0.3) is 0 Å². The third kappa shape index (κ3) is 3.28. The van der Waals surface area contributed by atoms with E-state index in [0.29, 0.717) is 12.6 Å². The molecule has 2 N–H and O–H groups in total. The summed E-state index contributed by atoms with van der Waals surface area (Å²) >= 11 is 0. The summed E-state index contributed by atoms with van der Waals surface area (Å²) in [6.45, 7) is 6.95. The number of nitrogens with zero attached hydrogens (tertiary/aromatic N) is 1. The van der Waals surface area contributed by atoms with E-state index in [1.54, 1.807) is 0 Å². The summed E-state index contributed by atoms with van der Waals surface area (Å²) in [5.74, 6) is 0. The van der Waals surface area contributed by atoms with Crippen LogP contribution in [0.15, 0.2) is 30.3 Å². The highest BCUT2D eigenvalue weighted by molar-refractivity contribution is 5.13. The molecule has 1 aliphatic rings. The lowest BCUT2D eigenvalue weighted by Crippen LogP contribution is -2.35. The lowest BCUT2D eigenvalue weighted by Gasteiger charge is -2.19. The van der Waals surface area contributed by atoms with E-state index in [-0.39, 0.29) is 12.1 Å². The van der Waals surface area contributed by atoms with Gasteiger partial charge in [-0.15, -0.1) is 0 Å². The largest absolute Gasteiger partial charge is 0.371 e. The molecule has 0 amide bonds. The van der Waals surface area contributed by atoms with E-state index in [2.05, 4.69) is 30.9 Å². The number of hydrogen-bond donors (Lipinski definition) is 1. The number of rotatable bonds is 4. The topological polar surface area (TPSA) is 38.5 Å². The quantitative estimate of drug-likeness (QED) is 0.860. The second-order valence-electron chi connectivity index (χ2n) is 5.05. The molecule has 1 aromatic rings. The molecule has 17 heavy (non-hydrogen) atoms. The molecule has 3 nitrogen and oxygen atoms in total. The lowest BCUT2D eigenvalue weighted by molar-refractivity contribution is 0.0369. The number of likely N-dealkylation sites (tertiary alicyclic amines) is 1. The van der Waals surface area contributed by atoms with Crippen molar-refractivity contribution < 1.29 is 4.74 Å². The first kappa shape index (κ1) is 12.6. The van der Waals surface area contributed by atoms with Crippen molar-refractivity contribution in [3.05, 3.63) is 35.9 Å². The van der Waals surface area contributed by atoms with Gasteiger partial charge in [-0.1, -0.05) is 30.3 Å². The smallest absolute Gasteiger partial charge is 0.0869 e. The zero-order valence-corrected chi connectivity index (χ0v) is 10.7. The number of benzene rings is 1. The molecular weight excluding hydrogens is 212 g/mol. The molecule has 1 fully saturated rings. The van der Waals surface area contributed by atoms with E-state index in [0.717, 1.165) is 13.1 Å². The highest BCUT2D eigenvalue weighted by atomic mass is 16.5. The summed E-state index contributed by atoms with van der Waals surface area (Å²) in [7, 11) is 0. The molecule has 1 heterocycles. The van der Waals surface area contributed by atoms with Gasteiger partial charge in [0.15, 0.2) is 0 Å². The normalized spacial score (nSPS) is 25.6. The van der Waals surface area contributed by atoms with Crippen molar-refractivity contribution in [1.29, 1.82) is 0 Å². The minimum atomic E-state index is 0.140. The van der Waals surface area contributed by atoms with Crippen LogP contribution in [0.5, 0.6) is 0 Å². The number of nitrogens with two attached hydrogens (primary N) is 1. The van der Waals surface area contributed by atoms with Crippen LogP contribution in [-0.4, -0.2) is 36.2 Å². The lowest BCUT2D eigenvalue weighted by atomic mass is 10.2. The molecule has 0 unspecified atom stereocenters. The van der Waals surface area contributed by atoms with Gasteiger partial charge in [-0.3, -0.25) is 4.90 Å². The summed E-state index contributed by atoms with van der Waals surface area (Å²) in [5.41, 5.74) is 7.32. The highest BCUT2D eigenvalue weighted by Crippen LogP contribution is 2.16. The Morgan fingerprint density at radius 3 is 2.59 bits per heavy atom. The van der Waals surface area contributed by atoms with E-state index in [1.807, 2.05) is 18.2 Å². The van der Waals surface area contributed by atoms with Crippen LogP contribution < -0.4 is 5.73 Å². The Morgan fingerprint density at radius 2 is 2.00 bits per heavy atom. The average Bonchev–Trinajstić information content (AvgIpc) is 2.70. The van der Waals surface area contributed by atoms with Gasteiger partial charge in [0.25, 0.3) is 0 Å². The Kier molecular flexibility index (Phi) is 4.15. The van der Waals surface area contributed by atoms with Crippen LogP contribution in [0, 0.1) is 0 Å². The van der Waals surface area contributed by atoms with E-state index in [4.69, 9.17) is 10.5 Å². The second kappa shape index (κ2) is 5.63. The molecule has 0 aromatic heterocycles. The summed E-state index contributed by atoms with van der Waals surface area (Å²) in [4.78, 5) is 2.38. The highest BCUT2D eigenvalue weighted by Gasteiger charge is 2.31. The molecule has 1 saturated heterocycles. The fourth-order valence-corrected chi connectivity index (χ4v) is 2.20. The van der Waals surface area contributed by atoms with E-state index in [9.17, 15) is 0 Å². The molecule has 0 saturated carbocycles. The van der Waals surface area contributed by atoms with Gasteiger partial charge in [-0.2, -0.15) is 0 Å². The molecule has 3 heteroatoms. The standard InChI is InChI=1S/C14H22N2O/c1-11(2)16-8-13(15)14(9-16)17-10-12-6-4-3-5-7-12/h3-7,11,13-14H,8-10,15H2,1-2H3/t13-,14-/m1/s1. The molecule has 94 valence electrons. The molecule has 0 radical (unpaired) electrons. The van der Waals surface area contributed by atoms with E-state index < -0.39 is 0 Å². The van der Waals surface area contributed by atoms with Crippen LogP contribution in [0.1, 0.15) is 19.4 Å². The van der Waals surface area contributed by atoms with Gasteiger partial charge < -0.3 is 10.5 Å². The molecule has 2 atom stereocenters. The first-order valence-corrected chi connectivity index (χ1v) is 6.32. The summed E-state index contributed by atoms with van der Waals surface area (Å²) in [6, 6.07) is 10.9. The van der Waals surface area contributed by atoms with Gasteiger partial charge in [0, 0.05) is 25.2 Å². The summed E-state index contributed by atoms with van der Waals surface area (Å²) in [6.07, 6.45) is 0.164. The Hall–Kier alpha value is -0.900. The molecule has 1 aromatic carbocycles. The van der Waals surface area contributed by atoms with Gasteiger partial charge in [-0.25, -0.2) is 0 Å². The summed E-state index contributed by atoms with van der Waals surface area (Å²) in [5, 5.41) is 0. The Balaban J connectivity index is 1.84. The van der Waals surface area contributed by atoms with Crippen LogP contribution in [-0.2, 0) is 11.3 Å². The van der Waals surface area contributed by atoms with E-state index >= 15 is 0 Å². The predicted molar refractivity (Wildman–Crippen MR) is 69.7 cm³/mol. The third-order valence-electron chi connectivity index (χ3n) is 3.37. The van der Waals surface area contributed by atoms with Crippen LogP contribution >= 0.6 is 0 Å². The van der Waals surface area contributed by atoms with Crippen molar-refractivity contribution in [2.24, 2.45) is 5.73 Å². The van der Waals surface area contributed by atoms with Gasteiger partial charge in [0.2, 0.25) is 0 Å². The molecule has 2 rings (SSSR count). The van der Waals surface area contributed by atoms with Crippen LogP contribution in [0.2, 0.25) is 0 Å². The molecule has 0 aliphatic carbocycles. The monoisotopic (exact) mass is 234 g/mol.